The third-order valence-electron chi connectivity index (χ3n) is 4.71. The smallest absolute Gasteiger partial charge is 0.274 e. The average molecular weight is 369 g/mol. The number of likely N-dealkylation sites (tertiary alicyclic amines) is 1. The normalized spacial score (nSPS) is 18.0. The van der Waals surface area contributed by atoms with E-state index in [2.05, 4.69) is 23.8 Å². The molecular weight excluding hydrogens is 346 g/mol. The number of carbonyl (C=O) groups excluding carboxylic acids is 1. The van der Waals surface area contributed by atoms with Crippen LogP contribution in [0.5, 0.6) is 0 Å². The molecule has 0 spiro atoms. The van der Waals surface area contributed by atoms with Gasteiger partial charge in [0.2, 0.25) is 5.89 Å². The zero-order valence-electron chi connectivity index (χ0n) is 15.1. The van der Waals surface area contributed by atoms with Crippen LogP contribution in [-0.4, -0.2) is 27.3 Å². The van der Waals surface area contributed by atoms with Crippen LogP contribution in [0.4, 0.5) is 0 Å². The quantitative estimate of drug-likeness (QED) is 0.659. The van der Waals surface area contributed by atoms with Crippen LogP contribution >= 0.6 is 11.3 Å². The van der Waals surface area contributed by atoms with Crippen molar-refractivity contribution in [3.8, 4) is 0 Å². The minimum atomic E-state index is -0.112. The molecule has 1 fully saturated rings. The summed E-state index contributed by atoms with van der Waals surface area (Å²) < 4.78 is 5.96. The van der Waals surface area contributed by atoms with Crippen molar-refractivity contribution in [1.29, 1.82) is 0 Å². The van der Waals surface area contributed by atoms with Crippen LogP contribution in [0.3, 0.4) is 0 Å². The fourth-order valence-electron chi connectivity index (χ4n) is 3.46. The van der Waals surface area contributed by atoms with Gasteiger partial charge in [0.05, 0.1) is 5.01 Å². The molecule has 0 bridgehead atoms. The van der Waals surface area contributed by atoms with Gasteiger partial charge in [-0.25, -0.2) is 9.97 Å². The number of hydrogen-bond donors (Lipinski definition) is 0. The highest BCUT2D eigenvalue weighted by Crippen LogP contribution is 2.33. The molecule has 6 heteroatoms. The zero-order chi connectivity index (χ0) is 18.1. The number of aromatic nitrogens is 2. The molecule has 1 unspecified atom stereocenters. The Morgan fingerprint density at radius 1 is 1.31 bits per heavy atom. The molecule has 1 atom stereocenters. The van der Waals surface area contributed by atoms with Crippen LogP contribution in [0.1, 0.15) is 60.5 Å². The number of piperidine rings is 1. The number of fused-ring (bicyclic) bond motifs is 1. The molecule has 4 rings (SSSR count). The predicted molar refractivity (Wildman–Crippen MR) is 102 cm³/mol. The van der Waals surface area contributed by atoms with Crippen LogP contribution in [-0.2, 0) is 6.42 Å². The monoisotopic (exact) mass is 369 g/mol. The number of carbonyl (C=O) groups is 1. The van der Waals surface area contributed by atoms with Crippen molar-refractivity contribution in [2.24, 2.45) is 5.92 Å². The summed E-state index contributed by atoms with van der Waals surface area (Å²) in [5.41, 5.74) is 2.16. The second-order valence-corrected chi connectivity index (χ2v) is 8.20. The number of para-hydroxylation sites is 2. The first-order chi connectivity index (χ1) is 12.6. The van der Waals surface area contributed by atoms with Gasteiger partial charge in [0.15, 0.2) is 5.58 Å². The number of nitrogens with zero attached hydrogens (tertiary/aromatic N) is 3. The van der Waals surface area contributed by atoms with Gasteiger partial charge in [-0.15, -0.1) is 11.3 Å². The van der Waals surface area contributed by atoms with Gasteiger partial charge in [0.1, 0.15) is 17.3 Å². The van der Waals surface area contributed by atoms with Gasteiger partial charge in [-0.05, 0) is 37.3 Å². The maximum absolute atomic E-state index is 13.1. The molecule has 5 nitrogen and oxygen atoms in total. The predicted octanol–water partition coefficient (Wildman–Crippen LogP) is 4.85. The summed E-state index contributed by atoms with van der Waals surface area (Å²) in [6, 6.07) is 7.63. The number of hydrogen-bond acceptors (Lipinski definition) is 5. The topological polar surface area (TPSA) is 59.2 Å². The Kier molecular flexibility index (Phi) is 4.76. The van der Waals surface area contributed by atoms with Crippen molar-refractivity contribution in [3.63, 3.8) is 0 Å². The highest BCUT2D eigenvalue weighted by Gasteiger charge is 2.33. The Hall–Kier alpha value is -2.21. The van der Waals surface area contributed by atoms with E-state index in [0.717, 1.165) is 48.3 Å². The van der Waals surface area contributed by atoms with Gasteiger partial charge >= 0.3 is 0 Å². The minimum absolute atomic E-state index is 0.0109. The summed E-state index contributed by atoms with van der Waals surface area (Å²) in [6.07, 6.45) is 3.86. The maximum Gasteiger partial charge on any atom is 0.274 e. The van der Waals surface area contributed by atoms with E-state index in [1.54, 1.807) is 11.3 Å². The zero-order valence-corrected chi connectivity index (χ0v) is 16.0. The molecule has 1 aromatic carbocycles. The number of rotatable bonds is 4. The summed E-state index contributed by atoms with van der Waals surface area (Å²) in [6.45, 7) is 5.05. The first-order valence-electron chi connectivity index (χ1n) is 9.22. The van der Waals surface area contributed by atoms with E-state index in [1.165, 1.54) is 0 Å². The number of thiazole rings is 1. The second-order valence-electron chi connectivity index (χ2n) is 7.25. The van der Waals surface area contributed by atoms with Crippen molar-refractivity contribution in [2.45, 2.75) is 45.6 Å². The third-order valence-corrected chi connectivity index (χ3v) is 5.58. The molecule has 0 aliphatic carbocycles. The highest BCUT2D eigenvalue weighted by molar-refractivity contribution is 7.09. The first kappa shape index (κ1) is 17.2. The summed E-state index contributed by atoms with van der Waals surface area (Å²) in [5.74, 6) is 1.16. The van der Waals surface area contributed by atoms with E-state index in [4.69, 9.17) is 4.42 Å². The van der Waals surface area contributed by atoms with Gasteiger partial charge < -0.3 is 9.32 Å². The molecule has 0 radical (unpaired) electrons. The Bertz CT molecular complexity index is 882. The van der Waals surface area contributed by atoms with E-state index in [0.29, 0.717) is 17.5 Å². The fourth-order valence-corrected chi connectivity index (χ4v) is 4.44. The van der Waals surface area contributed by atoms with Gasteiger partial charge in [-0.3, -0.25) is 4.79 Å². The minimum Gasteiger partial charge on any atom is -0.438 e. The molecule has 1 amide bonds. The largest absolute Gasteiger partial charge is 0.438 e. The highest BCUT2D eigenvalue weighted by atomic mass is 32.1. The Morgan fingerprint density at radius 3 is 2.96 bits per heavy atom. The van der Waals surface area contributed by atoms with Crippen molar-refractivity contribution in [1.82, 2.24) is 14.9 Å². The van der Waals surface area contributed by atoms with Crippen molar-refractivity contribution in [3.05, 3.63) is 46.2 Å². The standard InChI is InChI=1S/C20H23N3O2S/c1-13(2)11-18-21-15(12-26-18)20(24)23-10-6-5-8-16(23)19-22-14-7-3-4-9-17(14)25-19/h3-4,7,9,12-13,16H,5-6,8,10-11H2,1-2H3. The molecular formula is C20H23N3O2S. The van der Waals surface area contributed by atoms with Gasteiger partial charge in [-0.1, -0.05) is 26.0 Å². The Morgan fingerprint density at radius 2 is 2.15 bits per heavy atom. The van der Waals surface area contributed by atoms with Crippen molar-refractivity contribution < 1.29 is 9.21 Å². The lowest BCUT2D eigenvalue weighted by Gasteiger charge is -2.33. The van der Waals surface area contributed by atoms with Gasteiger partial charge in [0, 0.05) is 18.3 Å². The summed E-state index contributed by atoms with van der Waals surface area (Å²) in [5, 5.41) is 2.91. The molecule has 3 heterocycles. The lowest BCUT2D eigenvalue weighted by atomic mass is 10.0. The second kappa shape index (κ2) is 7.19. The van der Waals surface area contributed by atoms with Crippen LogP contribution in [0.25, 0.3) is 11.1 Å². The molecule has 3 aromatic rings. The van der Waals surface area contributed by atoms with Crippen molar-refractivity contribution >= 4 is 28.3 Å². The van der Waals surface area contributed by atoms with E-state index in [-0.39, 0.29) is 11.9 Å². The summed E-state index contributed by atoms with van der Waals surface area (Å²) in [4.78, 5) is 24.2. The van der Waals surface area contributed by atoms with E-state index < -0.39 is 0 Å². The third kappa shape index (κ3) is 3.38. The first-order valence-corrected chi connectivity index (χ1v) is 10.1. The van der Waals surface area contributed by atoms with E-state index in [9.17, 15) is 4.79 Å². The Balaban J connectivity index is 1.60. The van der Waals surface area contributed by atoms with E-state index in [1.807, 2.05) is 34.5 Å². The summed E-state index contributed by atoms with van der Waals surface area (Å²) in [7, 11) is 0. The van der Waals surface area contributed by atoms with Crippen LogP contribution < -0.4 is 0 Å². The SMILES string of the molecule is CC(C)Cc1nc(C(=O)N2CCCCC2c2nc3ccccc3o2)cs1. The molecule has 1 saturated heterocycles. The molecule has 2 aromatic heterocycles. The molecule has 0 saturated carbocycles. The Labute approximate surface area is 157 Å². The maximum atomic E-state index is 13.1. The number of oxazole rings is 1. The van der Waals surface area contributed by atoms with Crippen LogP contribution in [0.2, 0.25) is 0 Å². The van der Waals surface area contributed by atoms with Gasteiger partial charge in [0.25, 0.3) is 5.91 Å². The lowest BCUT2D eigenvalue weighted by Crippen LogP contribution is -2.38. The molecule has 26 heavy (non-hydrogen) atoms. The number of amides is 1. The molecule has 1 aliphatic heterocycles. The fraction of sp³-hybridized carbons (Fsp3) is 0.450. The van der Waals surface area contributed by atoms with Crippen LogP contribution in [0, 0.1) is 5.92 Å². The van der Waals surface area contributed by atoms with Crippen LogP contribution in [0.15, 0.2) is 34.1 Å². The lowest BCUT2D eigenvalue weighted by molar-refractivity contribution is 0.0569. The average Bonchev–Trinajstić information content (AvgIpc) is 3.27. The molecule has 0 N–H and O–H groups in total. The molecule has 1 aliphatic rings. The van der Waals surface area contributed by atoms with Crippen molar-refractivity contribution in [2.75, 3.05) is 6.54 Å². The molecule has 136 valence electrons. The van der Waals surface area contributed by atoms with E-state index >= 15 is 0 Å². The van der Waals surface area contributed by atoms with Gasteiger partial charge in [-0.2, -0.15) is 0 Å². The number of benzene rings is 1. The summed E-state index contributed by atoms with van der Waals surface area (Å²) >= 11 is 1.57.